The second kappa shape index (κ2) is 4.32. The molecule has 0 unspecified atom stereocenters. The summed E-state index contributed by atoms with van der Waals surface area (Å²) in [5.74, 6) is 1.19. The van der Waals surface area contributed by atoms with Crippen molar-refractivity contribution >= 4 is 12.1 Å². The van der Waals surface area contributed by atoms with Crippen LogP contribution in [0.2, 0.25) is 0 Å². The number of nitrogens with one attached hydrogen (secondary N) is 1. The molecule has 92 valence electrons. The molecule has 2 heterocycles. The number of fused-ring (bicyclic) bond motifs is 1. The van der Waals surface area contributed by atoms with Crippen molar-refractivity contribution in [2.24, 2.45) is 0 Å². The highest BCUT2D eigenvalue weighted by Gasteiger charge is 2.17. The number of carbonyl (C=O) groups is 1. The van der Waals surface area contributed by atoms with Gasteiger partial charge >= 0.3 is 0 Å². The van der Waals surface area contributed by atoms with Gasteiger partial charge in [0.05, 0.1) is 11.4 Å². The summed E-state index contributed by atoms with van der Waals surface area (Å²) < 4.78 is 12.3. The Bertz CT molecular complexity index is 569. The van der Waals surface area contributed by atoms with Crippen LogP contribution < -0.4 is 14.8 Å². The van der Waals surface area contributed by atoms with Crippen molar-refractivity contribution in [3.05, 3.63) is 18.5 Å². The summed E-state index contributed by atoms with van der Waals surface area (Å²) in [5.41, 5.74) is 1.15. The van der Waals surface area contributed by atoms with Gasteiger partial charge in [0.1, 0.15) is 19.5 Å². The first-order chi connectivity index (χ1) is 8.88. The van der Waals surface area contributed by atoms with Gasteiger partial charge in [-0.15, -0.1) is 5.10 Å². The third-order valence-electron chi connectivity index (χ3n) is 2.47. The van der Waals surface area contributed by atoms with Crippen molar-refractivity contribution in [2.75, 3.05) is 18.5 Å². The molecule has 3 rings (SSSR count). The molecule has 0 atom stereocenters. The number of aromatic nitrogens is 4. The van der Waals surface area contributed by atoms with Gasteiger partial charge in [-0.25, -0.2) is 0 Å². The highest BCUT2D eigenvalue weighted by Crippen LogP contribution is 2.36. The fourth-order valence-electron chi connectivity index (χ4n) is 1.72. The summed E-state index contributed by atoms with van der Waals surface area (Å²) in [7, 11) is 0. The number of benzene rings is 1. The van der Waals surface area contributed by atoms with Crippen LogP contribution in [0.4, 0.5) is 5.69 Å². The van der Waals surface area contributed by atoms with Crippen LogP contribution in [0.5, 0.6) is 11.5 Å². The van der Waals surface area contributed by atoms with Crippen molar-refractivity contribution in [3.8, 4) is 17.2 Å². The fraction of sp³-hybridized carbons (Fsp3) is 0.200. The number of amides is 1. The van der Waals surface area contributed by atoms with Gasteiger partial charge in [0, 0.05) is 12.1 Å². The summed E-state index contributed by atoms with van der Waals surface area (Å²) in [5, 5.41) is 13.5. The standard InChI is InChI=1S/C10H9N5O3/c16-6-11-7-3-9-10(18-2-1-17-9)4-8(7)15-5-12-13-14-15/h3-6H,1-2H2,(H,11,16). The maximum absolute atomic E-state index is 10.6. The van der Waals surface area contributed by atoms with Crippen molar-refractivity contribution < 1.29 is 14.3 Å². The largest absolute Gasteiger partial charge is 0.486 e. The third-order valence-corrected chi connectivity index (χ3v) is 2.47. The van der Waals surface area contributed by atoms with Crippen LogP contribution in [0.1, 0.15) is 0 Å². The van der Waals surface area contributed by atoms with Gasteiger partial charge in [0.15, 0.2) is 11.5 Å². The molecule has 0 saturated heterocycles. The number of hydrogen-bond donors (Lipinski definition) is 1. The normalized spacial score (nSPS) is 13.1. The zero-order valence-electron chi connectivity index (χ0n) is 9.24. The van der Waals surface area contributed by atoms with Crippen LogP contribution in [0.15, 0.2) is 18.5 Å². The molecule has 8 nitrogen and oxygen atoms in total. The number of anilines is 1. The Morgan fingerprint density at radius 3 is 2.72 bits per heavy atom. The molecular weight excluding hydrogens is 238 g/mol. The number of ether oxygens (including phenoxy) is 2. The molecule has 2 aromatic rings. The van der Waals surface area contributed by atoms with Gasteiger partial charge in [-0.2, -0.15) is 4.68 Å². The second-order valence-corrected chi connectivity index (χ2v) is 3.53. The van der Waals surface area contributed by atoms with Gasteiger partial charge in [-0.1, -0.05) is 0 Å². The fourth-order valence-corrected chi connectivity index (χ4v) is 1.72. The third kappa shape index (κ3) is 1.73. The SMILES string of the molecule is O=CNc1cc2c(cc1-n1cnnn1)OCCO2. The monoisotopic (exact) mass is 247 g/mol. The van der Waals surface area contributed by atoms with Gasteiger partial charge in [0.25, 0.3) is 0 Å². The van der Waals surface area contributed by atoms with Gasteiger partial charge in [-0.05, 0) is 10.4 Å². The predicted octanol–water partition coefficient (Wildman–Crippen LogP) is 0.00180. The maximum atomic E-state index is 10.6. The molecule has 0 saturated carbocycles. The molecule has 0 fully saturated rings. The van der Waals surface area contributed by atoms with Crippen molar-refractivity contribution in [1.29, 1.82) is 0 Å². The highest BCUT2D eigenvalue weighted by atomic mass is 16.6. The van der Waals surface area contributed by atoms with Gasteiger partial charge in [-0.3, -0.25) is 4.79 Å². The number of hydrogen-bond acceptors (Lipinski definition) is 6. The van der Waals surface area contributed by atoms with Crippen LogP contribution >= 0.6 is 0 Å². The maximum Gasteiger partial charge on any atom is 0.211 e. The highest BCUT2D eigenvalue weighted by molar-refractivity contribution is 5.79. The zero-order chi connectivity index (χ0) is 12.4. The Morgan fingerprint density at radius 1 is 1.28 bits per heavy atom. The lowest BCUT2D eigenvalue weighted by Gasteiger charge is -2.20. The summed E-state index contributed by atoms with van der Waals surface area (Å²) in [6, 6.07) is 3.40. The Labute approximate surface area is 101 Å². The van der Waals surface area contributed by atoms with E-state index in [0.717, 1.165) is 0 Å². The number of tetrazole rings is 1. The minimum absolute atomic E-state index is 0.484. The molecule has 0 radical (unpaired) electrons. The quantitative estimate of drug-likeness (QED) is 0.768. The van der Waals surface area contributed by atoms with Crippen LogP contribution in [-0.4, -0.2) is 39.8 Å². The lowest BCUT2D eigenvalue weighted by atomic mass is 10.2. The number of nitrogens with zero attached hydrogens (tertiary/aromatic N) is 4. The van der Waals surface area contributed by atoms with Gasteiger partial charge < -0.3 is 14.8 Å². The average molecular weight is 247 g/mol. The summed E-state index contributed by atoms with van der Waals surface area (Å²) in [6.45, 7) is 0.972. The molecule has 8 heteroatoms. The smallest absolute Gasteiger partial charge is 0.211 e. The molecule has 1 aliphatic heterocycles. The Hall–Kier alpha value is -2.64. The lowest BCUT2D eigenvalue weighted by Crippen LogP contribution is -2.16. The molecule has 1 N–H and O–H groups in total. The van der Waals surface area contributed by atoms with Crippen LogP contribution in [0.3, 0.4) is 0 Å². The first kappa shape index (κ1) is 10.5. The molecule has 0 aliphatic carbocycles. The van der Waals surface area contributed by atoms with E-state index in [-0.39, 0.29) is 0 Å². The van der Waals surface area contributed by atoms with Crippen molar-refractivity contribution in [3.63, 3.8) is 0 Å². The molecule has 1 aromatic carbocycles. The van der Waals surface area contributed by atoms with E-state index in [1.54, 1.807) is 12.1 Å². The van der Waals surface area contributed by atoms with Gasteiger partial charge in [0.2, 0.25) is 6.41 Å². The van der Waals surface area contributed by atoms with E-state index in [2.05, 4.69) is 20.8 Å². The molecule has 0 bridgehead atoms. The van der Waals surface area contributed by atoms with E-state index in [1.165, 1.54) is 11.0 Å². The summed E-state index contributed by atoms with van der Waals surface area (Å²) in [6.07, 6.45) is 2.01. The van der Waals surface area contributed by atoms with Crippen LogP contribution in [0, 0.1) is 0 Å². The molecule has 1 amide bonds. The minimum Gasteiger partial charge on any atom is -0.486 e. The summed E-state index contributed by atoms with van der Waals surface area (Å²) >= 11 is 0. The average Bonchev–Trinajstić information content (AvgIpc) is 2.92. The Kier molecular flexibility index (Phi) is 2.52. The first-order valence-corrected chi connectivity index (χ1v) is 5.25. The molecule has 1 aliphatic rings. The summed E-state index contributed by atoms with van der Waals surface area (Å²) in [4.78, 5) is 10.6. The second-order valence-electron chi connectivity index (χ2n) is 3.53. The molecule has 18 heavy (non-hydrogen) atoms. The molecule has 1 aromatic heterocycles. The topological polar surface area (TPSA) is 91.2 Å². The molecule has 0 spiro atoms. The lowest BCUT2D eigenvalue weighted by molar-refractivity contribution is -0.105. The van der Waals surface area contributed by atoms with Crippen LogP contribution in [-0.2, 0) is 4.79 Å². The zero-order valence-corrected chi connectivity index (χ0v) is 9.24. The Balaban J connectivity index is 2.13. The number of carbonyl (C=O) groups excluding carboxylic acids is 1. The molecular formula is C10H9N5O3. The van der Waals surface area contributed by atoms with E-state index >= 15 is 0 Å². The van der Waals surface area contributed by atoms with E-state index in [1.807, 2.05) is 0 Å². The predicted molar refractivity (Wildman–Crippen MR) is 59.8 cm³/mol. The number of rotatable bonds is 3. The van der Waals surface area contributed by atoms with E-state index in [0.29, 0.717) is 42.5 Å². The van der Waals surface area contributed by atoms with E-state index in [4.69, 9.17) is 9.47 Å². The first-order valence-electron chi connectivity index (χ1n) is 5.25. The Morgan fingerprint density at radius 2 is 2.06 bits per heavy atom. The van der Waals surface area contributed by atoms with E-state index in [9.17, 15) is 4.79 Å². The van der Waals surface area contributed by atoms with Crippen molar-refractivity contribution in [1.82, 2.24) is 20.2 Å². The van der Waals surface area contributed by atoms with Crippen molar-refractivity contribution in [2.45, 2.75) is 0 Å². The van der Waals surface area contributed by atoms with Crippen LogP contribution in [0.25, 0.3) is 5.69 Å². The minimum atomic E-state index is 0.484. The van der Waals surface area contributed by atoms with E-state index < -0.39 is 0 Å².